The lowest BCUT2D eigenvalue weighted by molar-refractivity contribution is 1.23. The molecule has 8 aromatic rings. The smallest absolute Gasteiger partial charge is 0.161 e. The van der Waals surface area contributed by atoms with Gasteiger partial charge in [0.1, 0.15) is 0 Å². The third-order valence-corrected chi connectivity index (χ3v) is 7.54. The van der Waals surface area contributed by atoms with Gasteiger partial charge in [0.25, 0.3) is 0 Å². The minimum absolute atomic E-state index is 0.665. The van der Waals surface area contributed by atoms with Crippen molar-refractivity contribution in [2.45, 2.75) is 0 Å². The normalized spacial score (nSPS) is 11.3. The van der Waals surface area contributed by atoms with Crippen LogP contribution in [0.25, 0.3) is 78.0 Å². The van der Waals surface area contributed by atoms with E-state index in [-0.39, 0.29) is 0 Å². The number of nitrogens with zero attached hydrogens (tertiary/aromatic N) is 5. The topological polar surface area (TPSA) is 64.5 Å². The Balaban J connectivity index is 1.32. The summed E-state index contributed by atoms with van der Waals surface area (Å²) in [6.45, 7) is 0. The average Bonchev–Trinajstić information content (AvgIpc) is 3.08. The molecule has 196 valence electrons. The van der Waals surface area contributed by atoms with Crippen molar-refractivity contribution in [1.29, 1.82) is 0 Å². The zero-order chi connectivity index (χ0) is 27.9. The van der Waals surface area contributed by atoms with Gasteiger partial charge in [-0.2, -0.15) is 0 Å². The van der Waals surface area contributed by atoms with Crippen LogP contribution in [0.2, 0.25) is 0 Å². The molecule has 0 aliphatic rings. The van der Waals surface area contributed by atoms with Crippen LogP contribution in [0.1, 0.15) is 0 Å². The van der Waals surface area contributed by atoms with Gasteiger partial charge >= 0.3 is 0 Å². The Morgan fingerprint density at radius 2 is 1.05 bits per heavy atom. The number of hydrogen-bond donors (Lipinski definition) is 0. The number of pyridine rings is 3. The molecule has 0 spiro atoms. The summed E-state index contributed by atoms with van der Waals surface area (Å²) >= 11 is 0. The summed E-state index contributed by atoms with van der Waals surface area (Å²) in [4.78, 5) is 24.9. The van der Waals surface area contributed by atoms with Crippen LogP contribution < -0.4 is 0 Å². The predicted octanol–water partition coefficient (Wildman–Crippen LogP) is 8.79. The van der Waals surface area contributed by atoms with Crippen molar-refractivity contribution in [2.24, 2.45) is 0 Å². The summed E-state index contributed by atoms with van der Waals surface area (Å²) in [7, 11) is 0. The predicted molar refractivity (Wildman–Crippen MR) is 170 cm³/mol. The summed E-state index contributed by atoms with van der Waals surface area (Å²) in [5.74, 6) is 0.665. The molecule has 0 saturated carbocycles. The number of fused-ring (bicyclic) bond motifs is 4. The van der Waals surface area contributed by atoms with Crippen LogP contribution in [0.15, 0.2) is 140 Å². The van der Waals surface area contributed by atoms with Crippen LogP contribution in [0.5, 0.6) is 0 Å². The Labute approximate surface area is 242 Å². The van der Waals surface area contributed by atoms with Crippen molar-refractivity contribution in [3.05, 3.63) is 140 Å². The molecule has 5 nitrogen and oxygen atoms in total. The first-order chi connectivity index (χ1) is 20.8. The number of rotatable bonds is 4. The maximum Gasteiger partial charge on any atom is 0.161 e. The number of para-hydroxylation sites is 1. The molecule has 0 bridgehead atoms. The molecule has 5 heteroatoms. The van der Waals surface area contributed by atoms with E-state index >= 15 is 0 Å². The van der Waals surface area contributed by atoms with E-state index in [0.29, 0.717) is 5.82 Å². The Morgan fingerprint density at radius 1 is 0.405 bits per heavy atom. The second-order valence-corrected chi connectivity index (χ2v) is 10.1. The van der Waals surface area contributed by atoms with Gasteiger partial charge in [-0.3, -0.25) is 4.98 Å². The average molecular weight is 538 g/mol. The zero-order valence-electron chi connectivity index (χ0n) is 22.5. The van der Waals surface area contributed by atoms with Gasteiger partial charge in [-0.15, -0.1) is 0 Å². The number of benzene rings is 4. The van der Waals surface area contributed by atoms with Crippen LogP contribution in [-0.2, 0) is 0 Å². The van der Waals surface area contributed by atoms with Gasteiger partial charge in [-0.25, -0.2) is 19.9 Å². The summed E-state index contributed by atoms with van der Waals surface area (Å²) in [6.07, 6.45) is 1.79. The van der Waals surface area contributed by atoms with Crippen molar-refractivity contribution in [1.82, 2.24) is 24.9 Å². The Morgan fingerprint density at radius 3 is 1.83 bits per heavy atom. The largest absolute Gasteiger partial charge is 0.255 e. The highest BCUT2D eigenvalue weighted by Crippen LogP contribution is 2.35. The Bertz CT molecular complexity index is 2250. The molecule has 42 heavy (non-hydrogen) atoms. The summed E-state index contributed by atoms with van der Waals surface area (Å²) in [5.41, 5.74) is 8.96. The maximum absolute atomic E-state index is 5.20. The lowest BCUT2D eigenvalue weighted by Gasteiger charge is -2.13. The molecule has 0 fully saturated rings. The standard InChI is InChI=1S/C37H23N5/c1-2-10-24(11-3-1)34-29-14-6-7-15-30(29)41-37(42-34)28-13-5-4-12-27(28)31-21-19-25-17-18-26-20-22-33(32-16-8-9-23-38-32)40-36(26)35(25)39-31/h1-23H. The fraction of sp³-hybridized carbons (Fsp3) is 0. The lowest BCUT2D eigenvalue weighted by Crippen LogP contribution is -1.97. The second kappa shape index (κ2) is 9.98. The summed E-state index contributed by atoms with van der Waals surface area (Å²) in [6, 6.07) is 45.0. The van der Waals surface area contributed by atoms with E-state index in [1.165, 1.54) is 0 Å². The third-order valence-electron chi connectivity index (χ3n) is 7.54. The zero-order valence-corrected chi connectivity index (χ0v) is 22.5. The molecule has 0 aliphatic heterocycles. The highest BCUT2D eigenvalue weighted by atomic mass is 14.9. The quantitative estimate of drug-likeness (QED) is 0.210. The van der Waals surface area contributed by atoms with Gasteiger partial charge < -0.3 is 0 Å². The van der Waals surface area contributed by atoms with E-state index in [1.54, 1.807) is 6.20 Å². The van der Waals surface area contributed by atoms with E-state index in [0.717, 1.165) is 72.2 Å². The van der Waals surface area contributed by atoms with Crippen molar-refractivity contribution >= 4 is 32.7 Å². The first kappa shape index (κ1) is 24.0. The van der Waals surface area contributed by atoms with Gasteiger partial charge in [0, 0.05) is 39.0 Å². The first-order valence-electron chi connectivity index (χ1n) is 13.9. The Hall–Kier alpha value is -5.81. The van der Waals surface area contributed by atoms with Crippen molar-refractivity contribution in [3.63, 3.8) is 0 Å². The van der Waals surface area contributed by atoms with Crippen LogP contribution in [0, 0.1) is 0 Å². The fourth-order valence-corrected chi connectivity index (χ4v) is 5.49. The molecule has 4 aromatic carbocycles. The SMILES string of the molecule is c1ccc(-c2nc(-c3ccccc3-c3ccc4ccc5ccc(-c6ccccn6)nc5c4n3)nc3ccccc23)cc1. The number of hydrogen-bond acceptors (Lipinski definition) is 5. The molecular formula is C37H23N5. The molecule has 0 unspecified atom stereocenters. The first-order valence-corrected chi connectivity index (χ1v) is 13.9. The highest BCUT2D eigenvalue weighted by Gasteiger charge is 2.16. The Kier molecular flexibility index (Phi) is 5.71. The van der Waals surface area contributed by atoms with E-state index in [4.69, 9.17) is 19.9 Å². The van der Waals surface area contributed by atoms with Gasteiger partial charge in [0.15, 0.2) is 5.82 Å². The lowest BCUT2D eigenvalue weighted by atomic mass is 10.0. The van der Waals surface area contributed by atoms with Gasteiger partial charge in [-0.1, -0.05) is 103 Å². The molecular weight excluding hydrogens is 514 g/mol. The van der Waals surface area contributed by atoms with Gasteiger partial charge in [0.05, 0.1) is 39.3 Å². The van der Waals surface area contributed by atoms with Gasteiger partial charge in [0.2, 0.25) is 0 Å². The monoisotopic (exact) mass is 537 g/mol. The fourth-order valence-electron chi connectivity index (χ4n) is 5.49. The summed E-state index contributed by atoms with van der Waals surface area (Å²) in [5, 5.41) is 3.09. The molecule has 8 rings (SSSR count). The van der Waals surface area contributed by atoms with E-state index in [1.807, 2.05) is 72.8 Å². The molecule has 0 amide bonds. The molecule has 0 atom stereocenters. The molecule has 0 N–H and O–H groups in total. The molecule has 0 saturated heterocycles. The summed E-state index contributed by atoms with van der Waals surface area (Å²) < 4.78 is 0. The molecule has 0 radical (unpaired) electrons. The minimum atomic E-state index is 0.665. The van der Waals surface area contributed by atoms with E-state index < -0.39 is 0 Å². The molecule has 4 aromatic heterocycles. The van der Waals surface area contributed by atoms with Crippen molar-refractivity contribution < 1.29 is 0 Å². The second-order valence-electron chi connectivity index (χ2n) is 10.1. The van der Waals surface area contributed by atoms with E-state index in [9.17, 15) is 0 Å². The number of aromatic nitrogens is 5. The molecule has 4 heterocycles. The van der Waals surface area contributed by atoms with Crippen LogP contribution >= 0.6 is 0 Å². The van der Waals surface area contributed by atoms with Crippen LogP contribution in [0.4, 0.5) is 0 Å². The van der Waals surface area contributed by atoms with E-state index in [2.05, 4.69) is 65.6 Å². The van der Waals surface area contributed by atoms with Crippen molar-refractivity contribution in [2.75, 3.05) is 0 Å². The van der Waals surface area contributed by atoms with Crippen LogP contribution in [0.3, 0.4) is 0 Å². The van der Waals surface area contributed by atoms with Gasteiger partial charge in [-0.05, 0) is 30.3 Å². The molecule has 0 aliphatic carbocycles. The third kappa shape index (κ3) is 4.16. The minimum Gasteiger partial charge on any atom is -0.255 e. The highest BCUT2D eigenvalue weighted by molar-refractivity contribution is 6.04. The maximum atomic E-state index is 5.20. The van der Waals surface area contributed by atoms with Crippen molar-refractivity contribution in [3.8, 4) is 45.3 Å². The van der Waals surface area contributed by atoms with Crippen LogP contribution in [-0.4, -0.2) is 24.9 Å².